The Hall–Kier alpha value is -1.26. The third-order valence-electron chi connectivity index (χ3n) is 2.12. The molecule has 0 aliphatic carbocycles. The van der Waals surface area contributed by atoms with Crippen LogP contribution in [0, 0.1) is 0 Å². The molecule has 1 heterocycles. The van der Waals surface area contributed by atoms with Crippen molar-refractivity contribution in [1.82, 2.24) is 9.80 Å². The molecule has 1 aliphatic heterocycles. The fourth-order valence-corrected chi connectivity index (χ4v) is 1.34. The molecule has 0 radical (unpaired) electrons. The van der Waals surface area contributed by atoms with Crippen LogP contribution in [0.2, 0.25) is 0 Å². The minimum absolute atomic E-state index is 0.298. The first-order valence-corrected chi connectivity index (χ1v) is 5.09. The van der Waals surface area contributed by atoms with Gasteiger partial charge in [-0.1, -0.05) is 0 Å². The van der Waals surface area contributed by atoms with E-state index in [0.717, 1.165) is 6.41 Å². The number of hydrogen-bond acceptors (Lipinski definition) is 3. The van der Waals surface area contributed by atoms with Crippen LogP contribution in [0.1, 0.15) is 20.8 Å². The van der Waals surface area contributed by atoms with Crippen LogP contribution in [0.15, 0.2) is 0 Å². The van der Waals surface area contributed by atoms with Crippen molar-refractivity contribution < 1.29 is 14.3 Å². The second-order valence-electron chi connectivity index (χ2n) is 4.61. The van der Waals surface area contributed by atoms with Gasteiger partial charge in [0.15, 0.2) is 0 Å². The van der Waals surface area contributed by atoms with Crippen LogP contribution in [-0.2, 0) is 9.53 Å². The van der Waals surface area contributed by atoms with Gasteiger partial charge >= 0.3 is 6.09 Å². The van der Waals surface area contributed by atoms with Gasteiger partial charge in [0.05, 0.1) is 0 Å². The van der Waals surface area contributed by atoms with Crippen LogP contribution in [-0.4, -0.2) is 54.1 Å². The fraction of sp³-hybridized carbons (Fsp3) is 0.800. The molecule has 0 atom stereocenters. The lowest BCUT2D eigenvalue weighted by molar-refractivity contribution is -0.119. The number of nitrogens with zero attached hydrogens (tertiary/aromatic N) is 2. The Labute approximate surface area is 90.0 Å². The Balaban J connectivity index is 2.40. The van der Waals surface area contributed by atoms with Crippen molar-refractivity contribution in [3.8, 4) is 0 Å². The molecule has 0 aromatic heterocycles. The summed E-state index contributed by atoms with van der Waals surface area (Å²) >= 11 is 0. The molecule has 0 unspecified atom stereocenters. The van der Waals surface area contributed by atoms with E-state index in [2.05, 4.69) is 0 Å². The van der Waals surface area contributed by atoms with Gasteiger partial charge in [0.1, 0.15) is 5.60 Å². The summed E-state index contributed by atoms with van der Waals surface area (Å²) in [5, 5.41) is 0. The summed E-state index contributed by atoms with van der Waals surface area (Å²) in [4.78, 5) is 25.3. The zero-order valence-corrected chi connectivity index (χ0v) is 9.52. The minimum atomic E-state index is -0.459. The highest BCUT2D eigenvalue weighted by Crippen LogP contribution is 2.11. The van der Waals surface area contributed by atoms with E-state index in [1.165, 1.54) is 0 Å². The van der Waals surface area contributed by atoms with Crippen molar-refractivity contribution in [2.75, 3.05) is 26.2 Å². The number of carbonyl (C=O) groups excluding carboxylic acids is 2. The van der Waals surface area contributed by atoms with Gasteiger partial charge in [-0.3, -0.25) is 4.79 Å². The molecule has 0 aromatic rings. The Bertz CT molecular complexity index is 240. The number of carbonyl (C=O) groups is 2. The van der Waals surface area contributed by atoms with Crippen LogP contribution in [0.25, 0.3) is 0 Å². The molecule has 15 heavy (non-hydrogen) atoms. The smallest absolute Gasteiger partial charge is 0.410 e. The molecular formula is C10H18N2O3. The van der Waals surface area contributed by atoms with Crippen molar-refractivity contribution >= 4 is 12.5 Å². The molecule has 0 aromatic carbocycles. The summed E-state index contributed by atoms with van der Waals surface area (Å²) < 4.78 is 5.23. The van der Waals surface area contributed by atoms with E-state index in [4.69, 9.17) is 4.74 Å². The molecule has 0 spiro atoms. The Morgan fingerprint density at radius 1 is 1.20 bits per heavy atom. The predicted molar refractivity (Wildman–Crippen MR) is 55.4 cm³/mol. The van der Waals surface area contributed by atoms with Crippen molar-refractivity contribution in [2.24, 2.45) is 0 Å². The summed E-state index contributed by atoms with van der Waals surface area (Å²) in [6.07, 6.45) is 0.514. The van der Waals surface area contributed by atoms with Crippen molar-refractivity contribution in [3.63, 3.8) is 0 Å². The molecular weight excluding hydrogens is 196 g/mol. The minimum Gasteiger partial charge on any atom is -0.444 e. The maximum absolute atomic E-state index is 11.6. The standard InChI is InChI=1S/C10H18N2O3/c1-10(2,3)15-9(14)12-6-4-11(8-13)5-7-12/h8H,4-7H2,1-3H3. The zero-order chi connectivity index (χ0) is 11.5. The Kier molecular flexibility index (Phi) is 3.55. The summed E-state index contributed by atoms with van der Waals surface area (Å²) in [5.41, 5.74) is -0.459. The molecule has 86 valence electrons. The van der Waals surface area contributed by atoms with Crippen LogP contribution in [0.3, 0.4) is 0 Å². The van der Waals surface area contributed by atoms with Gasteiger partial charge in [-0.05, 0) is 20.8 Å². The van der Waals surface area contributed by atoms with Crippen LogP contribution in [0.4, 0.5) is 4.79 Å². The summed E-state index contributed by atoms with van der Waals surface area (Å²) in [7, 11) is 0. The summed E-state index contributed by atoms with van der Waals surface area (Å²) in [5.74, 6) is 0. The van der Waals surface area contributed by atoms with E-state index in [9.17, 15) is 9.59 Å². The SMILES string of the molecule is CC(C)(C)OC(=O)N1CCN(C=O)CC1. The molecule has 1 aliphatic rings. The molecule has 5 heteroatoms. The number of hydrogen-bond donors (Lipinski definition) is 0. The first-order valence-electron chi connectivity index (χ1n) is 5.09. The van der Waals surface area contributed by atoms with E-state index < -0.39 is 5.60 Å². The fourth-order valence-electron chi connectivity index (χ4n) is 1.34. The Morgan fingerprint density at radius 3 is 2.13 bits per heavy atom. The average molecular weight is 214 g/mol. The topological polar surface area (TPSA) is 49.9 Å². The number of amides is 2. The zero-order valence-electron chi connectivity index (χ0n) is 9.52. The second kappa shape index (κ2) is 4.51. The van der Waals surface area contributed by atoms with E-state index >= 15 is 0 Å². The van der Waals surface area contributed by atoms with Crippen molar-refractivity contribution in [1.29, 1.82) is 0 Å². The van der Waals surface area contributed by atoms with Gasteiger partial charge in [0, 0.05) is 26.2 Å². The van der Waals surface area contributed by atoms with Crippen LogP contribution in [0.5, 0.6) is 0 Å². The van der Waals surface area contributed by atoms with E-state index in [-0.39, 0.29) is 6.09 Å². The van der Waals surface area contributed by atoms with Gasteiger partial charge in [0.25, 0.3) is 0 Å². The van der Waals surface area contributed by atoms with Crippen LogP contribution < -0.4 is 0 Å². The monoisotopic (exact) mass is 214 g/mol. The molecule has 2 amide bonds. The largest absolute Gasteiger partial charge is 0.444 e. The molecule has 1 fully saturated rings. The van der Waals surface area contributed by atoms with Gasteiger partial charge < -0.3 is 14.5 Å². The molecule has 1 rings (SSSR count). The first kappa shape index (κ1) is 11.8. The third kappa shape index (κ3) is 3.77. The lowest BCUT2D eigenvalue weighted by atomic mass is 10.2. The highest BCUT2D eigenvalue weighted by Gasteiger charge is 2.25. The predicted octanol–water partition coefficient (Wildman–Crippen LogP) is 0.696. The van der Waals surface area contributed by atoms with Gasteiger partial charge in [0.2, 0.25) is 6.41 Å². The lowest BCUT2D eigenvalue weighted by Crippen LogP contribution is -2.49. The summed E-state index contributed by atoms with van der Waals surface area (Å²) in [6, 6.07) is 0. The van der Waals surface area contributed by atoms with Gasteiger partial charge in [-0.15, -0.1) is 0 Å². The highest BCUT2D eigenvalue weighted by molar-refractivity contribution is 5.68. The molecule has 0 N–H and O–H groups in total. The lowest BCUT2D eigenvalue weighted by Gasteiger charge is -2.33. The maximum Gasteiger partial charge on any atom is 0.410 e. The molecule has 0 saturated carbocycles. The highest BCUT2D eigenvalue weighted by atomic mass is 16.6. The quantitative estimate of drug-likeness (QED) is 0.604. The van der Waals surface area contributed by atoms with Gasteiger partial charge in [-0.2, -0.15) is 0 Å². The number of ether oxygens (including phenoxy) is 1. The Morgan fingerprint density at radius 2 is 1.73 bits per heavy atom. The van der Waals surface area contributed by atoms with Crippen LogP contribution >= 0.6 is 0 Å². The van der Waals surface area contributed by atoms with E-state index in [1.807, 2.05) is 20.8 Å². The number of rotatable bonds is 1. The van der Waals surface area contributed by atoms with Crippen molar-refractivity contribution in [2.45, 2.75) is 26.4 Å². The maximum atomic E-state index is 11.6. The average Bonchev–Trinajstić information content (AvgIpc) is 2.15. The third-order valence-corrected chi connectivity index (χ3v) is 2.12. The van der Waals surface area contributed by atoms with Gasteiger partial charge in [-0.25, -0.2) is 4.79 Å². The molecule has 1 saturated heterocycles. The van der Waals surface area contributed by atoms with E-state index in [1.54, 1.807) is 9.80 Å². The molecule has 0 bridgehead atoms. The number of piperazine rings is 1. The van der Waals surface area contributed by atoms with Crippen molar-refractivity contribution in [3.05, 3.63) is 0 Å². The second-order valence-corrected chi connectivity index (χ2v) is 4.61. The molecule has 5 nitrogen and oxygen atoms in total. The first-order chi connectivity index (χ1) is 6.92. The normalized spacial score (nSPS) is 17.5. The van der Waals surface area contributed by atoms with E-state index in [0.29, 0.717) is 26.2 Å². The summed E-state index contributed by atoms with van der Waals surface area (Å²) in [6.45, 7) is 7.79.